The van der Waals surface area contributed by atoms with E-state index in [0.29, 0.717) is 6.42 Å². The highest BCUT2D eigenvalue weighted by molar-refractivity contribution is 14.1. The molecule has 4 heterocycles. The van der Waals surface area contributed by atoms with Gasteiger partial charge in [-0.1, -0.05) is 47.7 Å². The fourth-order valence-electron chi connectivity index (χ4n) is 6.25. The van der Waals surface area contributed by atoms with Crippen molar-refractivity contribution in [3.63, 3.8) is 0 Å². The predicted molar refractivity (Wildman–Crippen MR) is 116 cm³/mol. The van der Waals surface area contributed by atoms with E-state index in [-0.39, 0.29) is 21.4 Å². The van der Waals surface area contributed by atoms with Crippen LogP contribution in [0, 0.1) is 16.7 Å². The van der Waals surface area contributed by atoms with Crippen molar-refractivity contribution in [1.82, 2.24) is 9.47 Å². The molecule has 2 aromatic rings. The van der Waals surface area contributed by atoms with Crippen LogP contribution in [0.5, 0.6) is 0 Å². The Bertz CT molecular complexity index is 1060. The highest BCUT2D eigenvalue weighted by Crippen LogP contribution is 2.62. The van der Waals surface area contributed by atoms with Gasteiger partial charge < -0.3 is 14.4 Å². The second-order valence-corrected chi connectivity index (χ2v) is 10.2. The topological polar surface area (TPSA) is 78.5 Å². The Morgan fingerprint density at radius 1 is 1.45 bits per heavy atom. The third kappa shape index (κ3) is 2.31. The molecule has 0 bridgehead atoms. The summed E-state index contributed by atoms with van der Waals surface area (Å²) in [5.74, 6) is -0.614. The van der Waals surface area contributed by atoms with E-state index in [0.717, 1.165) is 42.4 Å². The highest BCUT2D eigenvalue weighted by atomic mass is 127. The number of rotatable bonds is 2. The Morgan fingerprint density at radius 2 is 2.21 bits per heavy atom. The van der Waals surface area contributed by atoms with E-state index in [1.165, 1.54) is 12.7 Å². The van der Waals surface area contributed by atoms with Crippen LogP contribution in [-0.2, 0) is 21.7 Å². The number of halogens is 1. The summed E-state index contributed by atoms with van der Waals surface area (Å²) < 4.78 is 7.09. The van der Waals surface area contributed by atoms with E-state index in [9.17, 15) is 15.2 Å². The monoisotopic (exact) mass is 505 g/mol. The number of methoxy groups -OCH3 is 1. The molecule has 0 radical (unpaired) electrons. The summed E-state index contributed by atoms with van der Waals surface area (Å²) in [5, 5.41) is 22.9. The first-order chi connectivity index (χ1) is 13.9. The van der Waals surface area contributed by atoms with Crippen LogP contribution in [0.1, 0.15) is 43.5 Å². The number of carbonyl (C=O) groups is 1. The molecule has 152 valence electrons. The van der Waals surface area contributed by atoms with Crippen LogP contribution in [-0.4, -0.2) is 44.2 Å². The molecule has 0 unspecified atom stereocenters. The van der Waals surface area contributed by atoms with Gasteiger partial charge in [-0.15, -0.1) is 0 Å². The molecule has 1 N–H and O–H groups in total. The SMILES string of the molecule is CC[C@]12C[C@H](I)[C@@H](C#N)N3CCc4c(n(c5ccccc45)[C@@](O)(C(=O)OC)C1)[C@@H]32. The number of piperidine rings is 1. The first kappa shape index (κ1) is 19.3. The Balaban J connectivity index is 1.88. The fraction of sp³-hybridized carbons (Fsp3) is 0.545. The van der Waals surface area contributed by atoms with Crippen molar-refractivity contribution >= 4 is 39.5 Å². The minimum Gasteiger partial charge on any atom is -0.465 e. The van der Waals surface area contributed by atoms with E-state index >= 15 is 0 Å². The van der Waals surface area contributed by atoms with Crippen LogP contribution in [0.2, 0.25) is 0 Å². The maximum atomic E-state index is 13.0. The molecule has 1 aromatic carbocycles. The van der Waals surface area contributed by atoms with Crippen LogP contribution >= 0.6 is 22.6 Å². The highest BCUT2D eigenvalue weighted by Gasteiger charge is 2.63. The van der Waals surface area contributed by atoms with Crippen molar-refractivity contribution in [3.05, 3.63) is 35.5 Å². The Morgan fingerprint density at radius 3 is 2.90 bits per heavy atom. The zero-order valence-corrected chi connectivity index (χ0v) is 18.7. The predicted octanol–water partition coefficient (Wildman–Crippen LogP) is 3.26. The second kappa shape index (κ2) is 6.43. The Labute approximate surface area is 183 Å². The molecule has 0 spiro atoms. The molecule has 0 amide bonds. The maximum absolute atomic E-state index is 13.0. The van der Waals surface area contributed by atoms with Gasteiger partial charge in [0.25, 0.3) is 0 Å². The van der Waals surface area contributed by atoms with Gasteiger partial charge in [0.1, 0.15) is 6.04 Å². The molecule has 3 aliphatic rings. The van der Waals surface area contributed by atoms with Gasteiger partial charge in [0.2, 0.25) is 5.72 Å². The minimum atomic E-state index is -1.74. The number of hydrogen-bond donors (Lipinski definition) is 1. The third-order valence-corrected chi connectivity index (χ3v) is 8.55. The minimum absolute atomic E-state index is 0.0178. The number of benzene rings is 1. The van der Waals surface area contributed by atoms with Crippen molar-refractivity contribution in [2.75, 3.05) is 13.7 Å². The van der Waals surface area contributed by atoms with Gasteiger partial charge in [-0.2, -0.15) is 5.26 Å². The number of aromatic nitrogens is 1. The number of nitriles is 1. The first-order valence-electron chi connectivity index (χ1n) is 10.1. The zero-order chi connectivity index (χ0) is 20.6. The van der Waals surface area contributed by atoms with Crippen LogP contribution in [0.25, 0.3) is 10.9 Å². The van der Waals surface area contributed by atoms with Crippen LogP contribution in [0.3, 0.4) is 0 Å². The fourth-order valence-corrected chi connectivity index (χ4v) is 7.70. The molecule has 1 fully saturated rings. The molecular weight excluding hydrogens is 481 g/mol. The molecule has 0 saturated carbocycles. The lowest BCUT2D eigenvalue weighted by molar-refractivity contribution is -0.194. The van der Waals surface area contributed by atoms with Gasteiger partial charge >= 0.3 is 5.97 Å². The van der Waals surface area contributed by atoms with Crippen LogP contribution < -0.4 is 0 Å². The number of nitrogens with zero attached hydrogens (tertiary/aromatic N) is 3. The summed E-state index contributed by atoms with van der Waals surface area (Å²) >= 11 is 2.38. The Hall–Kier alpha value is -1.63. The number of fused-ring (bicyclic) bond motifs is 3. The standard InChI is InChI=1S/C22H24IN3O3/c1-3-21-10-15(23)17(11-24)25-9-8-14-13-6-4-5-7-16(13)26(18(14)19(21)25)22(28,12-21)20(27)29-2/h4-7,15,17,19,28H,3,8-10,12H2,1-2H3/t15-,17+,19+,21-,22-/m0/s1. The molecule has 0 aliphatic carbocycles. The smallest absolute Gasteiger partial charge is 0.359 e. The van der Waals surface area contributed by atoms with Crippen LogP contribution in [0.4, 0.5) is 0 Å². The van der Waals surface area contributed by atoms with E-state index in [2.05, 4.69) is 46.6 Å². The summed E-state index contributed by atoms with van der Waals surface area (Å²) in [4.78, 5) is 15.3. The lowest BCUT2D eigenvalue weighted by atomic mass is 9.61. The average molecular weight is 505 g/mol. The van der Waals surface area contributed by atoms with Crippen molar-refractivity contribution in [2.24, 2.45) is 5.41 Å². The van der Waals surface area contributed by atoms with Gasteiger partial charge in [0.15, 0.2) is 0 Å². The largest absolute Gasteiger partial charge is 0.465 e. The number of aliphatic hydroxyl groups is 1. The number of alkyl halides is 1. The number of hydrogen-bond acceptors (Lipinski definition) is 5. The number of ether oxygens (including phenoxy) is 1. The molecule has 5 rings (SSSR count). The van der Waals surface area contributed by atoms with E-state index in [1.807, 2.05) is 22.8 Å². The number of carbonyl (C=O) groups excluding carboxylic acids is 1. The quantitative estimate of drug-likeness (QED) is 0.385. The molecule has 29 heavy (non-hydrogen) atoms. The lowest BCUT2D eigenvalue weighted by Crippen LogP contribution is -2.64. The molecule has 5 atom stereocenters. The third-order valence-electron chi connectivity index (χ3n) is 7.43. The molecule has 7 heteroatoms. The van der Waals surface area contributed by atoms with Gasteiger partial charge in [-0.3, -0.25) is 4.90 Å². The molecular formula is C22H24IN3O3. The van der Waals surface area contributed by atoms with Gasteiger partial charge in [0, 0.05) is 28.0 Å². The van der Waals surface area contributed by atoms with Crippen molar-refractivity contribution in [2.45, 2.75) is 54.3 Å². The van der Waals surface area contributed by atoms with Gasteiger partial charge in [0.05, 0.1) is 24.7 Å². The lowest BCUT2D eigenvalue weighted by Gasteiger charge is -2.60. The molecule has 1 aromatic heterocycles. The van der Waals surface area contributed by atoms with Crippen molar-refractivity contribution in [1.29, 1.82) is 5.26 Å². The summed E-state index contributed by atoms with van der Waals surface area (Å²) in [6.07, 6.45) is 2.72. The zero-order valence-electron chi connectivity index (χ0n) is 16.6. The van der Waals surface area contributed by atoms with E-state index in [1.54, 1.807) is 0 Å². The summed E-state index contributed by atoms with van der Waals surface area (Å²) in [6.45, 7) is 2.96. The maximum Gasteiger partial charge on any atom is 0.359 e. The van der Waals surface area contributed by atoms with Gasteiger partial charge in [-0.25, -0.2) is 4.79 Å². The van der Waals surface area contributed by atoms with E-state index in [4.69, 9.17) is 4.74 Å². The summed E-state index contributed by atoms with van der Waals surface area (Å²) in [7, 11) is 1.34. The molecule has 1 saturated heterocycles. The van der Waals surface area contributed by atoms with Crippen molar-refractivity contribution in [3.8, 4) is 6.07 Å². The van der Waals surface area contributed by atoms with Crippen LogP contribution in [0.15, 0.2) is 24.3 Å². The molecule has 6 nitrogen and oxygen atoms in total. The first-order valence-corrected chi connectivity index (χ1v) is 11.4. The number of esters is 1. The second-order valence-electron chi connectivity index (χ2n) is 8.60. The molecule has 3 aliphatic heterocycles. The van der Waals surface area contributed by atoms with Gasteiger partial charge in [-0.05, 0) is 36.3 Å². The summed E-state index contributed by atoms with van der Waals surface area (Å²) in [6, 6.07) is 10.4. The average Bonchev–Trinajstić information content (AvgIpc) is 3.07. The normalized spacial score (nSPS) is 35.8. The van der Waals surface area contributed by atoms with E-state index < -0.39 is 11.7 Å². The summed E-state index contributed by atoms with van der Waals surface area (Å²) in [5.41, 5.74) is 1.03. The van der Waals surface area contributed by atoms with Crippen molar-refractivity contribution < 1.29 is 14.6 Å². The number of para-hydroxylation sites is 1. The Kier molecular flexibility index (Phi) is 4.29.